The van der Waals surface area contributed by atoms with Gasteiger partial charge in [-0.2, -0.15) is 0 Å². The molecule has 154 valence electrons. The zero-order valence-corrected chi connectivity index (χ0v) is 17.4. The summed E-state index contributed by atoms with van der Waals surface area (Å²) in [5, 5.41) is 5.71. The lowest BCUT2D eigenvalue weighted by molar-refractivity contribution is -0.120. The first-order chi connectivity index (χ1) is 14.0. The van der Waals surface area contributed by atoms with Crippen molar-refractivity contribution in [1.29, 1.82) is 0 Å². The van der Waals surface area contributed by atoms with Crippen molar-refractivity contribution >= 4 is 17.5 Å². The van der Waals surface area contributed by atoms with E-state index in [4.69, 9.17) is 0 Å². The average Bonchev–Trinajstić information content (AvgIpc) is 2.70. The van der Waals surface area contributed by atoms with Gasteiger partial charge in [-0.25, -0.2) is 0 Å². The second kappa shape index (κ2) is 10.2. The molecular weight excluding hydrogens is 362 g/mol. The molecule has 1 saturated heterocycles. The molecule has 2 aromatic carbocycles. The molecule has 3 rings (SSSR count). The SMILES string of the molecule is CC(=O)Nc1ccc(CC(=O)NCc2ccc(CN3CCCCC3C)cc2)cc1. The van der Waals surface area contributed by atoms with Crippen molar-refractivity contribution in [3.63, 3.8) is 0 Å². The number of hydrogen-bond acceptors (Lipinski definition) is 3. The van der Waals surface area contributed by atoms with Crippen LogP contribution >= 0.6 is 0 Å². The summed E-state index contributed by atoms with van der Waals surface area (Å²) in [4.78, 5) is 25.8. The largest absolute Gasteiger partial charge is 0.352 e. The quantitative estimate of drug-likeness (QED) is 0.750. The lowest BCUT2D eigenvalue weighted by Crippen LogP contribution is -2.36. The van der Waals surface area contributed by atoms with Crippen LogP contribution in [0.5, 0.6) is 0 Å². The first-order valence-corrected chi connectivity index (χ1v) is 10.4. The van der Waals surface area contributed by atoms with Crippen molar-refractivity contribution in [2.75, 3.05) is 11.9 Å². The minimum Gasteiger partial charge on any atom is -0.352 e. The van der Waals surface area contributed by atoms with Gasteiger partial charge in [-0.1, -0.05) is 42.8 Å². The number of carbonyl (C=O) groups is 2. The maximum Gasteiger partial charge on any atom is 0.224 e. The van der Waals surface area contributed by atoms with Gasteiger partial charge in [-0.3, -0.25) is 14.5 Å². The Hall–Kier alpha value is -2.66. The van der Waals surface area contributed by atoms with Crippen LogP contribution in [0, 0.1) is 0 Å². The molecule has 1 fully saturated rings. The fourth-order valence-corrected chi connectivity index (χ4v) is 3.75. The Kier molecular flexibility index (Phi) is 7.42. The van der Waals surface area contributed by atoms with Crippen LogP contribution in [-0.2, 0) is 29.1 Å². The fraction of sp³-hybridized carbons (Fsp3) is 0.417. The summed E-state index contributed by atoms with van der Waals surface area (Å²) in [6.07, 6.45) is 4.26. The topological polar surface area (TPSA) is 61.4 Å². The fourth-order valence-electron chi connectivity index (χ4n) is 3.75. The number of amides is 2. The van der Waals surface area contributed by atoms with Crippen LogP contribution in [0.4, 0.5) is 5.69 Å². The average molecular weight is 394 g/mol. The molecule has 1 aliphatic rings. The Balaban J connectivity index is 1.44. The lowest BCUT2D eigenvalue weighted by atomic mass is 10.0. The molecule has 1 atom stereocenters. The lowest BCUT2D eigenvalue weighted by Gasteiger charge is -2.33. The van der Waals surface area contributed by atoms with Crippen molar-refractivity contribution in [3.8, 4) is 0 Å². The molecule has 1 heterocycles. The summed E-state index contributed by atoms with van der Waals surface area (Å²) in [5.74, 6) is -0.115. The van der Waals surface area contributed by atoms with Gasteiger partial charge in [0, 0.05) is 31.7 Å². The number of likely N-dealkylation sites (tertiary alicyclic amines) is 1. The molecule has 1 unspecified atom stereocenters. The molecule has 0 radical (unpaired) electrons. The maximum absolute atomic E-state index is 12.2. The molecule has 0 bridgehead atoms. The molecule has 2 N–H and O–H groups in total. The highest BCUT2D eigenvalue weighted by molar-refractivity contribution is 5.88. The third-order valence-corrected chi connectivity index (χ3v) is 5.48. The van der Waals surface area contributed by atoms with E-state index in [0.717, 1.165) is 23.4 Å². The van der Waals surface area contributed by atoms with Crippen molar-refractivity contribution in [2.45, 2.75) is 58.7 Å². The van der Waals surface area contributed by atoms with E-state index >= 15 is 0 Å². The standard InChI is InChI=1S/C24H31N3O2/c1-18-5-3-4-14-27(18)17-22-8-6-21(7-9-22)16-25-24(29)15-20-10-12-23(13-11-20)26-19(2)28/h6-13,18H,3-5,14-17H2,1-2H3,(H,25,29)(H,26,28). The summed E-state index contributed by atoms with van der Waals surface area (Å²) in [6, 6.07) is 16.6. The smallest absolute Gasteiger partial charge is 0.224 e. The molecule has 0 saturated carbocycles. The summed E-state index contributed by atoms with van der Waals surface area (Å²) in [5.41, 5.74) is 4.09. The molecular formula is C24H31N3O2. The van der Waals surface area contributed by atoms with Crippen LogP contribution in [0.25, 0.3) is 0 Å². The first-order valence-electron chi connectivity index (χ1n) is 10.4. The van der Waals surface area contributed by atoms with Gasteiger partial charge in [-0.15, -0.1) is 0 Å². The molecule has 29 heavy (non-hydrogen) atoms. The third kappa shape index (κ3) is 6.71. The van der Waals surface area contributed by atoms with Crippen LogP contribution in [0.1, 0.15) is 49.8 Å². The molecule has 0 aliphatic carbocycles. The maximum atomic E-state index is 12.2. The minimum atomic E-state index is -0.105. The van der Waals surface area contributed by atoms with Gasteiger partial charge in [0.2, 0.25) is 11.8 Å². The molecule has 0 aromatic heterocycles. The van der Waals surface area contributed by atoms with E-state index in [1.807, 2.05) is 24.3 Å². The van der Waals surface area contributed by atoms with Crippen LogP contribution in [0.15, 0.2) is 48.5 Å². The Morgan fingerprint density at radius 3 is 2.28 bits per heavy atom. The van der Waals surface area contributed by atoms with Crippen molar-refractivity contribution in [3.05, 3.63) is 65.2 Å². The summed E-state index contributed by atoms with van der Waals surface area (Å²) < 4.78 is 0. The molecule has 5 heteroatoms. The van der Waals surface area contributed by atoms with Gasteiger partial charge in [0.05, 0.1) is 6.42 Å². The van der Waals surface area contributed by atoms with Gasteiger partial charge >= 0.3 is 0 Å². The van der Waals surface area contributed by atoms with Crippen molar-refractivity contribution < 1.29 is 9.59 Å². The monoisotopic (exact) mass is 393 g/mol. The normalized spacial score (nSPS) is 17.0. The van der Waals surface area contributed by atoms with E-state index in [1.165, 1.54) is 38.3 Å². The van der Waals surface area contributed by atoms with Crippen LogP contribution < -0.4 is 10.6 Å². The third-order valence-electron chi connectivity index (χ3n) is 5.48. The van der Waals surface area contributed by atoms with Crippen LogP contribution in [0.3, 0.4) is 0 Å². The number of rotatable bonds is 7. The Labute approximate surface area is 173 Å². The molecule has 5 nitrogen and oxygen atoms in total. The van der Waals surface area contributed by atoms with Gasteiger partial charge in [0.1, 0.15) is 0 Å². The zero-order valence-electron chi connectivity index (χ0n) is 17.4. The molecule has 0 spiro atoms. The predicted octanol–water partition coefficient (Wildman–Crippen LogP) is 3.88. The van der Waals surface area contributed by atoms with E-state index < -0.39 is 0 Å². The summed E-state index contributed by atoms with van der Waals surface area (Å²) in [7, 11) is 0. The number of piperidine rings is 1. The van der Waals surface area contributed by atoms with Crippen molar-refractivity contribution in [2.24, 2.45) is 0 Å². The minimum absolute atomic E-state index is 0.0107. The number of hydrogen-bond donors (Lipinski definition) is 2. The number of nitrogens with one attached hydrogen (secondary N) is 2. The Morgan fingerprint density at radius 1 is 0.966 bits per heavy atom. The second-order valence-corrected chi connectivity index (χ2v) is 7.96. The number of anilines is 1. The number of benzene rings is 2. The van der Waals surface area contributed by atoms with E-state index in [-0.39, 0.29) is 11.8 Å². The zero-order chi connectivity index (χ0) is 20.6. The first kappa shape index (κ1) is 21.1. The molecule has 2 amide bonds. The van der Waals surface area contributed by atoms with E-state index in [9.17, 15) is 9.59 Å². The number of nitrogens with zero attached hydrogens (tertiary/aromatic N) is 1. The van der Waals surface area contributed by atoms with Gasteiger partial charge in [0.15, 0.2) is 0 Å². The Bertz CT molecular complexity index is 815. The highest BCUT2D eigenvalue weighted by atomic mass is 16.2. The summed E-state index contributed by atoms with van der Waals surface area (Å²) >= 11 is 0. The summed E-state index contributed by atoms with van der Waals surface area (Å²) in [6.45, 7) is 6.51. The van der Waals surface area contributed by atoms with E-state index in [1.54, 1.807) is 0 Å². The van der Waals surface area contributed by atoms with E-state index in [2.05, 4.69) is 46.7 Å². The van der Waals surface area contributed by atoms with Crippen LogP contribution in [0.2, 0.25) is 0 Å². The molecule has 1 aliphatic heterocycles. The second-order valence-electron chi connectivity index (χ2n) is 7.96. The predicted molar refractivity (Wildman–Crippen MR) is 116 cm³/mol. The van der Waals surface area contributed by atoms with E-state index in [0.29, 0.717) is 19.0 Å². The van der Waals surface area contributed by atoms with Crippen molar-refractivity contribution in [1.82, 2.24) is 10.2 Å². The molecule has 2 aromatic rings. The van der Waals surface area contributed by atoms with Gasteiger partial charge < -0.3 is 10.6 Å². The van der Waals surface area contributed by atoms with Crippen LogP contribution in [-0.4, -0.2) is 29.3 Å². The van der Waals surface area contributed by atoms with Gasteiger partial charge in [-0.05, 0) is 55.1 Å². The number of carbonyl (C=O) groups excluding carboxylic acids is 2. The highest BCUT2D eigenvalue weighted by Gasteiger charge is 2.17. The van der Waals surface area contributed by atoms with Gasteiger partial charge in [0.25, 0.3) is 0 Å². The Morgan fingerprint density at radius 2 is 1.62 bits per heavy atom. The highest BCUT2D eigenvalue weighted by Crippen LogP contribution is 2.19.